The highest BCUT2D eigenvalue weighted by atomic mass is 28.4. The summed E-state index contributed by atoms with van der Waals surface area (Å²) in [5, 5.41) is 0. The summed E-state index contributed by atoms with van der Waals surface area (Å²) < 4.78 is 22.9. The average molecular weight is 337 g/mol. The molecule has 6 heteroatoms. The van der Waals surface area contributed by atoms with Crippen molar-refractivity contribution >= 4 is 8.32 Å². The van der Waals surface area contributed by atoms with Crippen LogP contribution in [0, 0.1) is 6.57 Å². The number of nitrogens with zero attached hydrogens (tertiary/aromatic N) is 1. The summed E-state index contributed by atoms with van der Waals surface area (Å²) in [4.78, 5) is 3.84. The molecule has 0 heterocycles. The van der Waals surface area contributed by atoms with Crippen LogP contribution in [-0.2, 0) is 19.6 Å². The lowest BCUT2D eigenvalue weighted by Crippen LogP contribution is -2.49. The standard InChI is InChI=1S/C17H27NO4Si/c1-8-20-16(21-9-2)17(18-3,22-23(5,6)7)14-10-12-15(19-4)13-11-14/h10-13,16H,8-9H2,1-2,4-7H3. The minimum Gasteiger partial charge on any atom is -0.497 e. The van der Waals surface area contributed by atoms with Crippen LogP contribution in [0.3, 0.4) is 0 Å². The monoisotopic (exact) mass is 337 g/mol. The van der Waals surface area contributed by atoms with Crippen molar-refractivity contribution in [2.24, 2.45) is 0 Å². The van der Waals surface area contributed by atoms with Crippen molar-refractivity contribution in [1.29, 1.82) is 0 Å². The Balaban J connectivity index is 3.39. The average Bonchev–Trinajstić information content (AvgIpc) is 2.52. The van der Waals surface area contributed by atoms with Gasteiger partial charge in [-0.05, 0) is 57.8 Å². The van der Waals surface area contributed by atoms with Crippen LogP contribution in [0.4, 0.5) is 0 Å². The molecule has 0 aromatic heterocycles. The fraction of sp³-hybridized carbons (Fsp3) is 0.588. The molecule has 0 bridgehead atoms. The molecule has 1 aromatic rings. The lowest BCUT2D eigenvalue weighted by Gasteiger charge is -2.34. The maximum absolute atomic E-state index is 7.84. The van der Waals surface area contributed by atoms with Crippen LogP contribution in [0.25, 0.3) is 4.85 Å². The van der Waals surface area contributed by atoms with Crippen LogP contribution in [0.15, 0.2) is 24.3 Å². The minimum absolute atomic E-state index is 0.438. The van der Waals surface area contributed by atoms with E-state index in [1.165, 1.54) is 0 Å². The number of hydrogen-bond acceptors (Lipinski definition) is 4. The first-order valence-electron chi connectivity index (χ1n) is 7.79. The maximum Gasteiger partial charge on any atom is 0.405 e. The molecule has 0 radical (unpaired) electrons. The van der Waals surface area contributed by atoms with Crippen molar-refractivity contribution in [3.05, 3.63) is 41.2 Å². The van der Waals surface area contributed by atoms with E-state index in [0.717, 1.165) is 5.75 Å². The second-order valence-electron chi connectivity index (χ2n) is 5.99. The SMILES string of the molecule is [C-]#[N+]C(O[Si](C)(C)C)(c1ccc(OC)cc1)C(OCC)OCC. The third-order valence-corrected chi connectivity index (χ3v) is 4.01. The summed E-state index contributed by atoms with van der Waals surface area (Å²) in [7, 11) is -0.434. The molecule has 0 amide bonds. The normalized spacial score (nSPS) is 14.3. The highest BCUT2D eigenvalue weighted by Crippen LogP contribution is 2.37. The Morgan fingerprint density at radius 1 is 1.09 bits per heavy atom. The van der Waals surface area contributed by atoms with E-state index >= 15 is 0 Å². The van der Waals surface area contributed by atoms with E-state index in [0.29, 0.717) is 18.8 Å². The second kappa shape index (κ2) is 8.46. The van der Waals surface area contributed by atoms with Crippen molar-refractivity contribution in [3.63, 3.8) is 0 Å². The van der Waals surface area contributed by atoms with Crippen LogP contribution in [-0.4, -0.2) is 34.9 Å². The zero-order chi connectivity index (χ0) is 17.5. The van der Waals surface area contributed by atoms with Gasteiger partial charge in [-0.15, -0.1) is 0 Å². The van der Waals surface area contributed by atoms with Gasteiger partial charge in [0.05, 0.1) is 12.7 Å². The predicted molar refractivity (Wildman–Crippen MR) is 92.7 cm³/mol. The quantitative estimate of drug-likeness (QED) is 0.388. The third kappa shape index (κ3) is 5.04. The van der Waals surface area contributed by atoms with Crippen molar-refractivity contribution in [3.8, 4) is 5.75 Å². The van der Waals surface area contributed by atoms with Crippen LogP contribution in [0.2, 0.25) is 19.6 Å². The molecule has 1 unspecified atom stereocenters. The molecule has 0 aliphatic heterocycles. The molecule has 1 rings (SSSR count). The number of benzene rings is 1. The third-order valence-electron chi connectivity index (χ3n) is 3.09. The van der Waals surface area contributed by atoms with Crippen LogP contribution in [0.1, 0.15) is 19.4 Å². The molecule has 0 N–H and O–H groups in total. The lowest BCUT2D eigenvalue weighted by atomic mass is 10.0. The van der Waals surface area contributed by atoms with Crippen LogP contribution in [0.5, 0.6) is 5.75 Å². The molecular formula is C17H27NO4Si. The summed E-state index contributed by atoms with van der Waals surface area (Å²) in [6.45, 7) is 18.6. The van der Waals surface area contributed by atoms with Gasteiger partial charge in [0, 0.05) is 13.2 Å². The van der Waals surface area contributed by atoms with Gasteiger partial charge in [0.25, 0.3) is 6.29 Å². The molecule has 0 spiro atoms. The Labute approximate surface area is 140 Å². The van der Waals surface area contributed by atoms with Gasteiger partial charge in [-0.3, -0.25) is 4.85 Å². The van der Waals surface area contributed by atoms with Crippen molar-refractivity contribution < 1.29 is 18.6 Å². The smallest absolute Gasteiger partial charge is 0.405 e. The molecule has 1 atom stereocenters. The number of methoxy groups -OCH3 is 1. The van der Waals surface area contributed by atoms with E-state index in [2.05, 4.69) is 4.85 Å². The Kier molecular flexibility index (Phi) is 7.23. The molecule has 0 aliphatic carbocycles. The van der Waals surface area contributed by atoms with E-state index in [1.807, 2.05) is 57.8 Å². The second-order valence-corrected chi connectivity index (χ2v) is 10.4. The van der Waals surface area contributed by atoms with E-state index in [-0.39, 0.29) is 0 Å². The molecule has 1 aromatic carbocycles. The first-order chi connectivity index (χ1) is 10.8. The number of ether oxygens (including phenoxy) is 3. The molecule has 0 saturated carbocycles. The van der Waals surface area contributed by atoms with Gasteiger partial charge in [-0.2, -0.15) is 0 Å². The first kappa shape index (κ1) is 19.7. The number of hydrogen-bond donors (Lipinski definition) is 0. The summed E-state index contributed by atoms with van der Waals surface area (Å²) in [5.41, 5.74) is -0.606. The molecule has 0 fully saturated rings. The zero-order valence-corrected chi connectivity index (χ0v) is 15.9. The van der Waals surface area contributed by atoms with E-state index in [9.17, 15) is 0 Å². The highest BCUT2D eigenvalue weighted by Gasteiger charge is 2.53. The Hall–Kier alpha value is -1.39. The largest absolute Gasteiger partial charge is 0.497 e. The van der Waals surface area contributed by atoms with Gasteiger partial charge in [-0.25, -0.2) is 6.57 Å². The zero-order valence-electron chi connectivity index (χ0n) is 14.9. The predicted octanol–water partition coefficient (Wildman–Crippen LogP) is 4.02. The summed E-state index contributed by atoms with van der Waals surface area (Å²) in [5.74, 6) is 0.727. The van der Waals surface area contributed by atoms with Crippen LogP contribution < -0.4 is 4.74 Å². The number of rotatable bonds is 9. The van der Waals surface area contributed by atoms with E-state index in [4.69, 9.17) is 25.2 Å². The Bertz CT molecular complexity index is 515. The maximum atomic E-state index is 7.84. The van der Waals surface area contributed by atoms with Crippen LogP contribution >= 0.6 is 0 Å². The first-order valence-corrected chi connectivity index (χ1v) is 11.2. The van der Waals surface area contributed by atoms with E-state index < -0.39 is 20.3 Å². The molecule has 23 heavy (non-hydrogen) atoms. The van der Waals surface area contributed by atoms with Crippen molar-refractivity contribution in [2.75, 3.05) is 20.3 Å². The van der Waals surface area contributed by atoms with Gasteiger partial charge in [0.2, 0.25) is 0 Å². The fourth-order valence-corrected chi connectivity index (χ4v) is 3.45. The molecule has 0 aliphatic rings. The minimum atomic E-state index is -2.04. The van der Waals surface area contributed by atoms with Gasteiger partial charge >= 0.3 is 5.72 Å². The van der Waals surface area contributed by atoms with Crippen molar-refractivity contribution in [1.82, 2.24) is 0 Å². The molecular weight excluding hydrogens is 310 g/mol. The summed E-state index contributed by atoms with van der Waals surface area (Å²) >= 11 is 0. The van der Waals surface area contributed by atoms with Gasteiger partial charge in [-0.1, -0.05) is 0 Å². The molecule has 128 valence electrons. The topological polar surface area (TPSA) is 41.3 Å². The van der Waals surface area contributed by atoms with Gasteiger partial charge in [0.15, 0.2) is 8.32 Å². The lowest BCUT2D eigenvalue weighted by molar-refractivity contribution is -0.217. The fourth-order valence-electron chi connectivity index (χ4n) is 2.26. The molecule has 5 nitrogen and oxygen atoms in total. The summed E-state index contributed by atoms with van der Waals surface area (Å²) in [6.07, 6.45) is -0.782. The van der Waals surface area contributed by atoms with Gasteiger partial charge < -0.3 is 18.6 Å². The van der Waals surface area contributed by atoms with Crippen molar-refractivity contribution in [2.45, 2.75) is 45.5 Å². The Morgan fingerprint density at radius 3 is 1.96 bits per heavy atom. The summed E-state index contributed by atoms with van der Waals surface area (Å²) in [6, 6.07) is 7.31. The highest BCUT2D eigenvalue weighted by molar-refractivity contribution is 6.69. The van der Waals surface area contributed by atoms with E-state index in [1.54, 1.807) is 7.11 Å². The van der Waals surface area contributed by atoms with Gasteiger partial charge in [0.1, 0.15) is 5.75 Å². The molecule has 0 saturated heterocycles. The Morgan fingerprint density at radius 2 is 1.61 bits per heavy atom.